The number of phenols is 1. The number of amides is 2. The second kappa shape index (κ2) is 6.97. The van der Waals surface area contributed by atoms with E-state index in [1.807, 2.05) is 30.3 Å². The quantitative estimate of drug-likeness (QED) is 0.900. The first-order chi connectivity index (χ1) is 12.0. The van der Waals surface area contributed by atoms with E-state index < -0.39 is 0 Å². The second-order valence-electron chi connectivity index (χ2n) is 6.48. The van der Waals surface area contributed by atoms with Crippen molar-refractivity contribution in [3.05, 3.63) is 65.2 Å². The van der Waals surface area contributed by atoms with Crippen LogP contribution >= 0.6 is 0 Å². The van der Waals surface area contributed by atoms with Gasteiger partial charge in [0.2, 0.25) is 5.91 Å². The predicted octanol–water partition coefficient (Wildman–Crippen LogP) is 2.65. The van der Waals surface area contributed by atoms with E-state index in [-0.39, 0.29) is 29.5 Å². The number of carbonyl (C=O) groups is 2. The average molecular weight is 338 g/mol. The van der Waals surface area contributed by atoms with Crippen molar-refractivity contribution in [2.24, 2.45) is 5.92 Å². The lowest BCUT2D eigenvalue weighted by Crippen LogP contribution is -2.32. The standard InChI is InChI=1S/C20H22N2O3/c1-13-16(9-6-10-17(13)23)20(25)21-12-15-11-18(24)22(2)19(15)14-7-4-3-5-8-14/h3-10,15,19,23H,11-12H2,1-2H3,(H,21,25)/t15-,19+/m0/s1. The molecule has 3 rings (SSSR count). The fraction of sp³-hybridized carbons (Fsp3) is 0.300. The molecule has 1 aliphatic rings. The van der Waals surface area contributed by atoms with Crippen molar-refractivity contribution in [1.82, 2.24) is 10.2 Å². The van der Waals surface area contributed by atoms with Crippen LogP contribution in [0, 0.1) is 12.8 Å². The molecule has 2 aromatic rings. The summed E-state index contributed by atoms with van der Waals surface area (Å²) in [6.45, 7) is 2.12. The van der Waals surface area contributed by atoms with Gasteiger partial charge in [-0.1, -0.05) is 36.4 Å². The van der Waals surface area contributed by atoms with Gasteiger partial charge in [0.1, 0.15) is 5.75 Å². The third-order valence-corrected chi connectivity index (χ3v) is 4.91. The number of carbonyl (C=O) groups excluding carboxylic acids is 2. The Balaban J connectivity index is 1.74. The van der Waals surface area contributed by atoms with Crippen molar-refractivity contribution in [2.75, 3.05) is 13.6 Å². The van der Waals surface area contributed by atoms with Gasteiger partial charge in [-0.2, -0.15) is 0 Å². The normalized spacial score (nSPS) is 19.9. The minimum atomic E-state index is -0.234. The molecule has 1 heterocycles. The average Bonchev–Trinajstić information content (AvgIpc) is 2.90. The highest BCUT2D eigenvalue weighted by molar-refractivity contribution is 5.96. The summed E-state index contributed by atoms with van der Waals surface area (Å²) in [7, 11) is 1.81. The molecular weight excluding hydrogens is 316 g/mol. The van der Waals surface area contributed by atoms with Gasteiger partial charge in [0, 0.05) is 37.1 Å². The molecule has 0 aliphatic carbocycles. The van der Waals surface area contributed by atoms with Crippen molar-refractivity contribution >= 4 is 11.8 Å². The Bertz CT molecular complexity index is 789. The maximum atomic E-state index is 12.5. The summed E-state index contributed by atoms with van der Waals surface area (Å²) in [5.41, 5.74) is 2.08. The highest BCUT2D eigenvalue weighted by Gasteiger charge is 2.38. The zero-order valence-electron chi connectivity index (χ0n) is 14.4. The van der Waals surface area contributed by atoms with E-state index in [0.29, 0.717) is 24.1 Å². The van der Waals surface area contributed by atoms with Crippen LogP contribution in [0.25, 0.3) is 0 Å². The van der Waals surface area contributed by atoms with E-state index >= 15 is 0 Å². The molecular formula is C20H22N2O3. The van der Waals surface area contributed by atoms with Crippen LogP contribution in [0.15, 0.2) is 48.5 Å². The molecule has 25 heavy (non-hydrogen) atoms. The Morgan fingerprint density at radius 3 is 2.64 bits per heavy atom. The number of phenolic OH excluding ortho intramolecular Hbond substituents is 1. The van der Waals surface area contributed by atoms with Gasteiger partial charge in [-0.05, 0) is 24.6 Å². The molecule has 130 valence electrons. The lowest BCUT2D eigenvalue weighted by molar-refractivity contribution is -0.127. The maximum Gasteiger partial charge on any atom is 0.251 e. The van der Waals surface area contributed by atoms with E-state index in [1.165, 1.54) is 0 Å². The van der Waals surface area contributed by atoms with Gasteiger partial charge in [-0.25, -0.2) is 0 Å². The first-order valence-corrected chi connectivity index (χ1v) is 8.36. The van der Waals surface area contributed by atoms with E-state index in [9.17, 15) is 14.7 Å². The van der Waals surface area contributed by atoms with Crippen LogP contribution in [-0.4, -0.2) is 35.4 Å². The van der Waals surface area contributed by atoms with Gasteiger partial charge in [0.25, 0.3) is 5.91 Å². The van der Waals surface area contributed by atoms with Crippen LogP contribution in [0.4, 0.5) is 0 Å². The summed E-state index contributed by atoms with van der Waals surface area (Å²) in [5.74, 6) is -0.0316. The summed E-state index contributed by atoms with van der Waals surface area (Å²) >= 11 is 0. The predicted molar refractivity (Wildman–Crippen MR) is 95.2 cm³/mol. The molecule has 0 unspecified atom stereocenters. The number of hydrogen-bond acceptors (Lipinski definition) is 3. The molecule has 2 amide bonds. The van der Waals surface area contributed by atoms with Crippen molar-refractivity contribution in [3.8, 4) is 5.75 Å². The molecule has 2 N–H and O–H groups in total. The van der Waals surface area contributed by atoms with Crippen LogP contribution in [0.2, 0.25) is 0 Å². The van der Waals surface area contributed by atoms with E-state index in [4.69, 9.17) is 0 Å². The van der Waals surface area contributed by atoms with Crippen molar-refractivity contribution in [1.29, 1.82) is 0 Å². The number of hydrogen-bond donors (Lipinski definition) is 2. The van der Waals surface area contributed by atoms with E-state index in [2.05, 4.69) is 5.32 Å². The lowest BCUT2D eigenvalue weighted by atomic mass is 9.93. The highest BCUT2D eigenvalue weighted by atomic mass is 16.3. The molecule has 1 aliphatic heterocycles. The molecule has 0 bridgehead atoms. The van der Waals surface area contributed by atoms with Gasteiger partial charge in [-0.15, -0.1) is 0 Å². The molecule has 2 aromatic carbocycles. The molecule has 5 nitrogen and oxygen atoms in total. The van der Waals surface area contributed by atoms with Gasteiger partial charge >= 0.3 is 0 Å². The van der Waals surface area contributed by atoms with Crippen LogP contribution in [0.3, 0.4) is 0 Å². The Kier molecular flexibility index (Phi) is 4.74. The number of nitrogens with one attached hydrogen (secondary N) is 1. The minimum Gasteiger partial charge on any atom is -0.508 e. The van der Waals surface area contributed by atoms with Crippen LogP contribution in [0.5, 0.6) is 5.75 Å². The maximum absolute atomic E-state index is 12.5. The molecule has 0 radical (unpaired) electrons. The molecule has 0 aromatic heterocycles. The van der Waals surface area contributed by atoms with Gasteiger partial charge in [0.15, 0.2) is 0 Å². The first-order valence-electron chi connectivity index (χ1n) is 8.36. The molecule has 1 fully saturated rings. The lowest BCUT2D eigenvalue weighted by Gasteiger charge is -2.25. The van der Waals surface area contributed by atoms with Crippen LogP contribution in [0.1, 0.15) is 33.9 Å². The molecule has 5 heteroatoms. The molecule has 0 saturated carbocycles. The zero-order valence-corrected chi connectivity index (χ0v) is 14.4. The number of benzene rings is 2. The van der Waals surface area contributed by atoms with Crippen LogP contribution in [-0.2, 0) is 4.79 Å². The second-order valence-corrected chi connectivity index (χ2v) is 6.48. The summed E-state index contributed by atoms with van der Waals surface area (Å²) in [4.78, 5) is 26.4. The van der Waals surface area contributed by atoms with Crippen LogP contribution < -0.4 is 5.32 Å². The summed E-state index contributed by atoms with van der Waals surface area (Å²) in [6, 6.07) is 14.7. The number of nitrogens with zero attached hydrogens (tertiary/aromatic N) is 1. The fourth-order valence-corrected chi connectivity index (χ4v) is 3.47. The smallest absolute Gasteiger partial charge is 0.251 e. The molecule has 0 spiro atoms. The van der Waals surface area contributed by atoms with Gasteiger partial charge in [0.05, 0.1) is 6.04 Å². The Labute approximate surface area is 147 Å². The SMILES string of the molecule is Cc1c(O)cccc1C(=O)NC[C@@H]1CC(=O)N(C)[C@@H]1c1ccccc1. The minimum absolute atomic E-state index is 0.0152. The van der Waals surface area contributed by atoms with Crippen molar-refractivity contribution < 1.29 is 14.7 Å². The summed E-state index contributed by atoms with van der Waals surface area (Å²) < 4.78 is 0. The van der Waals surface area contributed by atoms with Gasteiger partial charge < -0.3 is 15.3 Å². The third-order valence-electron chi connectivity index (χ3n) is 4.91. The summed E-state index contributed by atoms with van der Waals surface area (Å²) in [5, 5.41) is 12.7. The Morgan fingerprint density at radius 1 is 1.20 bits per heavy atom. The number of aromatic hydroxyl groups is 1. The summed E-state index contributed by atoms with van der Waals surface area (Å²) in [6.07, 6.45) is 0.412. The van der Waals surface area contributed by atoms with E-state index in [0.717, 1.165) is 5.56 Å². The highest BCUT2D eigenvalue weighted by Crippen LogP contribution is 2.36. The topological polar surface area (TPSA) is 69.6 Å². The molecule has 1 saturated heterocycles. The monoisotopic (exact) mass is 338 g/mol. The largest absolute Gasteiger partial charge is 0.508 e. The fourth-order valence-electron chi connectivity index (χ4n) is 3.47. The first kappa shape index (κ1) is 17.0. The molecule has 2 atom stereocenters. The zero-order chi connectivity index (χ0) is 18.0. The van der Waals surface area contributed by atoms with E-state index in [1.54, 1.807) is 37.1 Å². The van der Waals surface area contributed by atoms with Crippen molar-refractivity contribution in [3.63, 3.8) is 0 Å². The Morgan fingerprint density at radius 2 is 1.92 bits per heavy atom. The van der Waals surface area contributed by atoms with Crippen molar-refractivity contribution in [2.45, 2.75) is 19.4 Å². The third kappa shape index (κ3) is 3.36. The Hall–Kier alpha value is -2.82. The number of rotatable bonds is 4. The van der Waals surface area contributed by atoms with Gasteiger partial charge in [-0.3, -0.25) is 9.59 Å². The number of likely N-dealkylation sites (tertiary alicyclic amines) is 1.